The number of carbonyl (C=O) groups excluding carboxylic acids is 1. The highest BCUT2D eigenvalue weighted by atomic mass is 16.6. The minimum absolute atomic E-state index is 0.109. The highest BCUT2D eigenvalue weighted by Gasteiger charge is 2.24. The first-order chi connectivity index (χ1) is 8.81. The Labute approximate surface area is 114 Å². The van der Waals surface area contributed by atoms with Gasteiger partial charge < -0.3 is 14.7 Å². The van der Waals surface area contributed by atoms with E-state index in [1.165, 1.54) is 11.1 Å². The van der Waals surface area contributed by atoms with Gasteiger partial charge >= 0.3 is 6.09 Å². The fourth-order valence-corrected chi connectivity index (χ4v) is 1.42. The summed E-state index contributed by atoms with van der Waals surface area (Å²) in [7, 11) is 1.61. The van der Waals surface area contributed by atoms with Crippen molar-refractivity contribution in [2.45, 2.75) is 51.7 Å². The number of rotatable bonds is 7. The lowest BCUT2D eigenvalue weighted by molar-refractivity contribution is 0.0262. The fourth-order valence-electron chi connectivity index (χ4n) is 1.42. The maximum absolute atomic E-state index is 11.9. The van der Waals surface area contributed by atoms with Crippen LogP contribution >= 0.6 is 0 Å². The summed E-state index contributed by atoms with van der Waals surface area (Å²) in [6, 6.07) is -0.305. The molecule has 0 spiro atoms. The van der Waals surface area contributed by atoms with Crippen LogP contribution in [-0.2, 0) is 4.74 Å². The first kappa shape index (κ1) is 17.7. The molecule has 0 aromatic carbocycles. The van der Waals surface area contributed by atoms with Gasteiger partial charge in [-0.05, 0) is 40.0 Å². The third-order valence-electron chi connectivity index (χ3n) is 2.39. The molecule has 0 radical (unpaired) electrons. The van der Waals surface area contributed by atoms with Crippen molar-refractivity contribution in [1.29, 1.82) is 0 Å². The molecule has 0 heterocycles. The number of hydrogen-bond acceptors (Lipinski definition) is 6. The Morgan fingerprint density at radius 1 is 1.47 bits per heavy atom. The van der Waals surface area contributed by atoms with Crippen LogP contribution in [0.3, 0.4) is 0 Å². The molecule has 0 aromatic rings. The van der Waals surface area contributed by atoms with Crippen molar-refractivity contribution in [2.24, 2.45) is 5.10 Å². The highest BCUT2D eigenvalue weighted by Crippen LogP contribution is 2.12. The van der Waals surface area contributed by atoms with Crippen molar-refractivity contribution >= 4 is 12.3 Å². The molecular weight excluding hydrogens is 250 g/mol. The average molecular weight is 275 g/mol. The van der Waals surface area contributed by atoms with Crippen molar-refractivity contribution in [3.05, 3.63) is 0 Å². The van der Waals surface area contributed by atoms with Crippen molar-refractivity contribution in [2.75, 3.05) is 13.7 Å². The van der Waals surface area contributed by atoms with Gasteiger partial charge in [0.2, 0.25) is 0 Å². The highest BCUT2D eigenvalue weighted by molar-refractivity contribution is 5.75. The number of nitrogens with one attached hydrogen (secondary N) is 1. The number of aliphatic hydroxyl groups excluding tert-OH is 1. The molecule has 0 aromatic heterocycles. The standard InChI is InChI=1S/C12H25N3O4/c1-12(2,3)19-11(17)15(4)10(9-13-14-18)7-5-6-8-16/h9-10,14,16,18H,5-8H2,1-4H3/b13-9+. The van der Waals surface area contributed by atoms with Crippen molar-refractivity contribution in [3.63, 3.8) is 0 Å². The SMILES string of the molecule is CN(C(=O)OC(C)(C)C)C(/C=N/NO)CCCCO. The molecule has 0 saturated heterocycles. The third kappa shape index (κ3) is 8.39. The van der Waals surface area contributed by atoms with Crippen LogP contribution in [0.4, 0.5) is 4.79 Å². The number of nitrogens with zero attached hydrogens (tertiary/aromatic N) is 2. The Balaban J connectivity index is 4.55. The van der Waals surface area contributed by atoms with Gasteiger partial charge in [0.05, 0.1) is 6.04 Å². The minimum atomic E-state index is -0.562. The fraction of sp³-hybridized carbons (Fsp3) is 0.833. The Hall–Kier alpha value is -1.34. The largest absolute Gasteiger partial charge is 0.444 e. The molecule has 0 fully saturated rings. The van der Waals surface area contributed by atoms with Gasteiger partial charge in [0.15, 0.2) is 0 Å². The topological polar surface area (TPSA) is 94.4 Å². The molecule has 0 bridgehead atoms. The van der Waals surface area contributed by atoms with E-state index in [1.54, 1.807) is 33.4 Å². The number of hydrazone groups is 1. The van der Waals surface area contributed by atoms with Crippen molar-refractivity contribution < 1.29 is 19.8 Å². The van der Waals surface area contributed by atoms with Crippen LogP contribution < -0.4 is 5.59 Å². The average Bonchev–Trinajstić information content (AvgIpc) is 2.30. The van der Waals surface area contributed by atoms with Crippen molar-refractivity contribution in [1.82, 2.24) is 10.5 Å². The smallest absolute Gasteiger partial charge is 0.410 e. The molecule has 7 nitrogen and oxygen atoms in total. The molecule has 3 N–H and O–H groups in total. The molecule has 0 rings (SSSR count). The summed E-state index contributed by atoms with van der Waals surface area (Å²) in [5.74, 6) is 0. The van der Waals surface area contributed by atoms with Crippen LogP contribution in [-0.4, -0.2) is 52.8 Å². The van der Waals surface area contributed by atoms with Gasteiger partial charge in [0.25, 0.3) is 0 Å². The van der Waals surface area contributed by atoms with Gasteiger partial charge in [-0.3, -0.25) is 5.21 Å². The van der Waals surface area contributed by atoms with Gasteiger partial charge in [-0.1, -0.05) is 0 Å². The number of unbranched alkanes of at least 4 members (excludes halogenated alkanes) is 1. The van der Waals surface area contributed by atoms with E-state index in [4.69, 9.17) is 15.1 Å². The molecule has 19 heavy (non-hydrogen) atoms. The second-order valence-corrected chi connectivity index (χ2v) is 5.26. The van der Waals surface area contributed by atoms with Crippen molar-refractivity contribution in [3.8, 4) is 0 Å². The summed E-state index contributed by atoms with van der Waals surface area (Å²) in [4.78, 5) is 13.3. The molecule has 0 aliphatic rings. The molecule has 0 aliphatic carbocycles. The zero-order valence-electron chi connectivity index (χ0n) is 12.1. The predicted molar refractivity (Wildman–Crippen MR) is 72.1 cm³/mol. The Kier molecular flexibility index (Phi) is 8.09. The van der Waals surface area contributed by atoms with E-state index in [1.807, 2.05) is 0 Å². The zero-order chi connectivity index (χ0) is 14.9. The molecule has 1 unspecified atom stereocenters. The van der Waals surface area contributed by atoms with E-state index in [0.717, 1.165) is 6.42 Å². The van der Waals surface area contributed by atoms with Crippen LogP contribution in [0.1, 0.15) is 40.0 Å². The molecular formula is C12H25N3O4. The normalized spacial score (nSPS) is 13.4. The lowest BCUT2D eigenvalue weighted by Crippen LogP contribution is -2.41. The van der Waals surface area contributed by atoms with Crippen LogP contribution in [0.5, 0.6) is 0 Å². The lowest BCUT2D eigenvalue weighted by atomic mass is 10.1. The Morgan fingerprint density at radius 3 is 2.58 bits per heavy atom. The number of ether oxygens (including phenoxy) is 1. The maximum Gasteiger partial charge on any atom is 0.410 e. The molecule has 7 heteroatoms. The monoisotopic (exact) mass is 275 g/mol. The van der Waals surface area contributed by atoms with Crippen LogP contribution in [0.2, 0.25) is 0 Å². The quantitative estimate of drug-likeness (QED) is 0.370. The van der Waals surface area contributed by atoms with E-state index in [9.17, 15) is 4.79 Å². The zero-order valence-corrected chi connectivity index (χ0v) is 12.1. The van der Waals surface area contributed by atoms with E-state index >= 15 is 0 Å². The second-order valence-electron chi connectivity index (χ2n) is 5.26. The van der Waals surface area contributed by atoms with Gasteiger partial charge in [-0.15, -0.1) is 0 Å². The number of hydrogen-bond donors (Lipinski definition) is 3. The lowest BCUT2D eigenvalue weighted by Gasteiger charge is -2.28. The summed E-state index contributed by atoms with van der Waals surface area (Å²) in [5.41, 5.74) is 1.11. The van der Waals surface area contributed by atoms with E-state index < -0.39 is 11.7 Å². The van der Waals surface area contributed by atoms with Gasteiger partial charge in [-0.25, -0.2) is 4.79 Å². The third-order valence-corrected chi connectivity index (χ3v) is 2.39. The number of aliphatic hydroxyl groups is 1. The van der Waals surface area contributed by atoms with Crippen LogP contribution in [0, 0.1) is 0 Å². The summed E-state index contributed by atoms with van der Waals surface area (Å²) in [6.07, 6.45) is 3.00. The summed E-state index contributed by atoms with van der Waals surface area (Å²) >= 11 is 0. The molecule has 0 saturated carbocycles. The van der Waals surface area contributed by atoms with Crippen LogP contribution in [0.25, 0.3) is 0 Å². The maximum atomic E-state index is 11.9. The van der Waals surface area contributed by atoms with Gasteiger partial charge in [0.1, 0.15) is 5.60 Å². The molecule has 1 amide bonds. The number of amides is 1. The predicted octanol–water partition coefficient (Wildman–Crippen LogP) is 1.35. The minimum Gasteiger partial charge on any atom is -0.444 e. The summed E-state index contributed by atoms with van der Waals surface area (Å²) in [5, 5.41) is 20.8. The van der Waals surface area contributed by atoms with E-state index in [2.05, 4.69) is 5.10 Å². The Bertz CT molecular complexity index is 289. The van der Waals surface area contributed by atoms with E-state index in [0.29, 0.717) is 12.8 Å². The first-order valence-corrected chi connectivity index (χ1v) is 6.30. The second kappa shape index (κ2) is 8.71. The summed E-state index contributed by atoms with van der Waals surface area (Å²) in [6.45, 7) is 5.49. The Morgan fingerprint density at radius 2 is 2.11 bits per heavy atom. The van der Waals surface area contributed by atoms with E-state index in [-0.39, 0.29) is 12.6 Å². The number of carbonyl (C=O) groups is 1. The molecule has 112 valence electrons. The first-order valence-electron chi connectivity index (χ1n) is 6.30. The van der Waals surface area contributed by atoms with Gasteiger partial charge in [-0.2, -0.15) is 10.7 Å². The van der Waals surface area contributed by atoms with Gasteiger partial charge in [0, 0.05) is 19.9 Å². The molecule has 0 aliphatic heterocycles. The summed E-state index contributed by atoms with van der Waals surface area (Å²) < 4.78 is 5.26. The molecule has 1 atom stereocenters. The van der Waals surface area contributed by atoms with Crippen LogP contribution in [0.15, 0.2) is 5.10 Å².